The van der Waals surface area contributed by atoms with Crippen molar-refractivity contribution in [3.63, 3.8) is 0 Å². The molecule has 0 aliphatic carbocycles. The maximum Gasteiger partial charge on any atom is 0.340 e. The summed E-state index contributed by atoms with van der Waals surface area (Å²) in [6.45, 7) is 1.52. The van der Waals surface area contributed by atoms with Crippen molar-refractivity contribution >= 4 is 28.7 Å². The number of nitrogens with one attached hydrogen (secondary N) is 1. The van der Waals surface area contributed by atoms with Gasteiger partial charge in [-0.2, -0.15) is 4.68 Å². The van der Waals surface area contributed by atoms with Gasteiger partial charge in [0, 0.05) is 0 Å². The number of anilines is 1. The third kappa shape index (κ3) is 4.08. The summed E-state index contributed by atoms with van der Waals surface area (Å²) in [5, 5.41) is 10.4. The molecular formula is C21H17FN6O4. The van der Waals surface area contributed by atoms with Gasteiger partial charge in [-0.25, -0.2) is 14.2 Å². The highest BCUT2D eigenvalue weighted by Gasteiger charge is 2.17. The molecule has 0 bridgehead atoms. The summed E-state index contributed by atoms with van der Waals surface area (Å²) < 4.78 is 20.5. The molecule has 0 aliphatic heterocycles. The molecule has 2 aromatic carbocycles. The molecule has 0 fully saturated rings. The summed E-state index contributed by atoms with van der Waals surface area (Å²) in [5.41, 5.74) is 0.498. The Bertz CT molecular complexity index is 1360. The number of rotatable bonds is 6. The van der Waals surface area contributed by atoms with E-state index < -0.39 is 23.3 Å². The Morgan fingerprint density at radius 1 is 1.12 bits per heavy atom. The van der Waals surface area contributed by atoms with Crippen molar-refractivity contribution in [2.24, 2.45) is 0 Å². The number of esters is 1. The van der Waals surface area contributed by atoms with Crippen molar-refractivity contribution in [2.45, 2.75) is 13.5 Å². The zero-order valence-electron chi connectivity index (χ0n) is 16.9. The van der Waals surface area contributed by atoms with Crippen LogP contribution in [0.25, 0.3) is 16.9 Å². The van der Waals surface area contributed by atoms with Crippen LogP contribution in [0.1, 0.15) is 17.3 Å². The van der Waals surface area contributed by atoms with Crippen LogP contribution in [0.15, 0.2) is 59.7 Å². The zero-order valence-corrected chi connectivity index (χ0v) is 16.9. The van der Waals surface area contributed by atoms with E-state index in [1.54, 1.807) is 25.1 Å². The first-order valence-corrected chi connectivity index (χ1v) is 9.60. The lowest BCUT2D eigenvalue weighted by molar-refractivity contribution is -0.116. The average Bonchev–Trinajstić information content (AvgIpc) is 3.21. The van der Waals surface area contributed by atoms with Crippen molar-refractivity contribution in [2.75, 3.05) is 11.9 Å². The highest BCUT2D eigenvalue weighted by molar-refractivity contribution is 6.01. The van der Waals surface area contributed by atoms with Gasteiger partial charge in [0.1, 0.15) is 18.7 Å². The number of hydrogen-bond donors (Lipinski definition) is 1. The number of fused-ring (bicyclic) bond motifs is 1. The summed E-state index contributed by atoms with van der Waals surface area (Å²) in [7, 11) is 0. The van der Waals surface area contributed by atoms with Gasteiger partial charge in [0.15, 0.2) is 11.2 Å². The van der Waals surface area contributed by atoms with Gasteiger partial charge in [0.05, 0.1) is 23.5 Å². The molecule has 0 spiro atoms. The monoisotopic (exact) mass is 436 g/mol. The topological polar surface area (TPSA) is 121 Å². The number of benzene rings is 2. The number of para-hydroxylation sites is 1. The summed E-state index contributed by atoms with van der Waals surface area (Å²) in [5.74, 6) is -1.53. The molecule has 4 aromatic rings. The maximum atomic E-state index is 13.2. The van der Waals surface area contributed by atoms with Crippen molar-refractivity contribution < 1.29 is 18.7 Å². The molecule has 10 nitrogen and oxygen atoms in total. The van der Waals surface area contributed by atoms with Crippen LogP contribution < -0.4 is 10.9 Å². The molecule has 2 aromatic heterocycles. The number of aromatic nitrogens is 5. The Hall–Kier alpha value is -4.41. The first-order chi connectivity index (χ1) is 15.5. The van der Waals surface area contributed by atoms with Gasteiger partial charge in [0.2, 0.25) is 5.91 Å². The molecule has 0 aliphatic rings. The van der Waals surface area contributed by atoms with E-state index in [1.165, 1.54) is 41.3 Å². The number of carbonyl (C=O) groups excluding carboxylic acids is 2. The van der Waals surface area contributed by atoms with E-state index in [9.17, 15) is 18.8 Å². The van der Waals surface area contributed by atoms with Crippen LogP contribution in [0.5, 0.6) is 0 Å². The van der Waals surface area contributed by atoms with E-state index in [2.05, 4.69) is 20.6 Å². The third-order valence-corrected chi connectivity index (χ3v) is 4.51. The van der Waals surface area contributed by atoms with E-state index in [0.717, 1.165) is 4.57 Å². The lowest BCUT2D eigenvalue weighted by Gasteiger charge is -2.11. The lowest BCUT2D eigenvalue weighted by atomic mass is 10.2. The lowest BCUT2D eigenvalue weighted by Crippen LogP contribution is -2.28. The van der Waals surface area contributed by atoms with Crippen LogP contribution in [0.3, 0.4) is 0 Å². The SMILES string of the molecule is CCOC(=O)c1ccccc1NC(=O)Cn1cnc2c(nnn2-c2ccc(F)cc2)c1=O. The van der Waals surface area contributed by atoms with Gasteiger partial charge in [-0.1, -0.05) is 17.3 Å². The van der Waals surface area contributed by atoms with Crippen LogP contribution in [-0.4, -0.2) is 43.0 Å². The zero-order chi connectivity index (χ0) is 22.7. The van der Waals surface area contributed by atoms with E-state index >= 15 is 0 Å². The Labute approximate surface area is 180 Å². The van der Waals surface area contributed by atoms with Crippen LogP contribution in [0.4, 0.5) is 10.1 Å². The number of halogens is 1. The molecule has 4 rings (SSSR count). The second-order valence-electron chi connectivity index (χ2n) is 6.64. The van der Waals surface area contributed by atoms with Crippen LogP contribution in [-0.2, 0) is 16.1 Å². The number of hydrogen-bond acceptors (Lipinski definition) is 7. The molecule has 2 heterocycles. The fraction of sp³-hybridized carbons (Fsp3) is 0.143. The van der Waals surface area contributed by atoms with Crippen LogP contribution in [0.2, 0.25) is 0 Å². The molecule has 162 valence electrons. The number of nitrogens with zero attached hydrogens (tertiary/aromatic N) is 5. The summed E-state index contributed by atoms with van der Waals surface area (Å²) >= 11 is 0. The predicted octanol–water partition coefficient (Wildman–Crippen LogP) is 1.93. The van der Waals surface area contributed by atoms with E-state index in [1.807, 2.05) is 0 Å². The Morgan fingerprint density at radius 3 is 2.62 bits per heavy atom. The van der Waals surface area contributed by atoms with Crippen LogP contribution in [0, 0.1) is 5.82 Å². The first-order valence-electron chi connectivity index (χ1n) is 9.60. The number of carbonyl (C=O) groups is 2. The molecule has 1 N–H and O–H groups in total. The molecule has 0 atom stereocenters. The smallest absolute Gasteiger partial charge is 0.340 e. The second-order valence-corrected chi connectivity index (χ2v) is 6.64. The molecule has 0 saturated heterocycles. The molecule has 0 unspecified atom stereocenters. The highest BCUT2D eigenvalue weighted by Crippen LogP contribution is 2.16. The van der Waals surface area contributed by atoms with E-state index in [-0.39, 0.29) is 35.6 Å². The first kappa shape index (κ1) is 20.8. The van der Waals surface area contributed by atoms with Crippen molar-refractivity contribution in [1.29, 1.82) is 0 Å². The normalized spacial score (nSPS) is 10.8. The van der Waals surface area contributed by atoms with Gasteiger partial charge < -0.3 is 10.1 Å². The van der Waals surface area contributed by atoms with Gasteiger partial charge >= 0.3 is 5.97 Å². The van der Waals surface area contributed by atoms with E-state index in [0.29, 0.717) is 5.69 Å². The number of ether oxygens (including phenoxy) is 1. The standard InChI is InChI=1S/C21H17FN6O4/c1-2-32-21(31)15-5-3-4-6-16(15)24-17(29)11-27-12-23-19-18(20(27)30)25-26-28(19)14-9-7-13(22)8-10-14/h3-10,12H,2,11H2,1H3,(H,24,29). The molecule has 32 heavy (non-hydrogen) atoms. The molecular weight excluding hydrogens is 419 g/mol. The summed E-state index contributed by atoms with van der Waals surface area (Å²) in [6.07, 6.45) is 1.20. The fourth-order valence-corrected chi connectivity index (χ4v) is 3.04. The Kier molecular flexibility index (Phi) is 5.71. The third-order valence-electron chi connectivity index (χ3n) is 4.51. The maximum absolute atomic E-state index is 13.2. The van der Waals surface area contributed by atoms with Crippen LogP contribution >= 0.6 is 0 Å². The second kappa shape index (κ2) is 8.76. The molecule has 1 amide bonds. The molecule has 0 saturated carbocycles. The average molecular weight is 436 g/mol. The largest absolute Gasteiger partial charge is 0.462 e. The van der Waals surface area contributed by atoms with Crippen molar-refractivity contribution in [3.8, 4) is 5.69 Å². The highest BCUT2D eigenvalue weighted by atomic mass is 19.1. The van der Waals surface area contributed by atoms with Gasteiger partial charge in [-0.05, 0) is 43.3 Å². The van der Waals surface area contributed by atoms with Gasteiger partial charge in [-0.15, -0.1) is 5.10 Å². The minimum Gasteiger partial charge on any atom is -0.462 e. The Morgan fingerprint density at radius 2 is 1.88 bits per heavy atom. The summed E-state index contributed by atoms with van der Waals surface area (Å²) in [4.78, 5) is 41.6. The van der Waals surface area contributed by atoms with Crippen molar-refractivity contribution in [1.82, 2.24) is 24.5 Å². The predicted molar refractivity (Wildman–Crippen MR) is 112 cm³/mol. The quantitative estimate of drug-likeness (QED) is 0.459. The van der Waals surface area contributed by atoms with Gasteiger partial charge in [0.25, 0.3) is 5.56 Å². The molecule has 11 heteroatoms. The van der Waals surface area contributed by atoms with Crippen molar-refractivity contribution in [3.05, 3.63) is 76.6 Å². The number of amides is 1. The summed E-state index contributed by atoms with van der Waals surface area (Å²) in [6, 6.07) is 11.9. The van der Waals surface area contributed by atoms with E-state index in [4.69, 9.17) is 4.74 Å². The minimum atomic E-state index is -0.572. The minimum absolute atomic E-state index is 0.0449. The Balaban J connectivity index is 1.57. The fourth-order valence-electron chi connectivity index (χ4n) is 3.04. The molecule has 0 radical (unpaired) electrons. The van der Waals surface area contributed by atoms with Gasteiger partial charge in [-0.3, -0.25) is 14.2 Å².